The maximum atomic E-state index is 13.1. The molecule has 7 nitrogen and oxygen atoms in total. The van der Waals surface area contributed by atoms with E-state index in [-0.39, 0.29) is 12.1 Å². The van der Waals surface area contributed by atoms with Crippen LogP contribution in [0.3, 0.4) is 0 Å². The van der Waals surface area contributed by atoms with Crippen molar-refractivity contribution in [2.75, 3.05) is 19.7 Å². The van der Waals surface area contributed by atoms with E-state index >= 15 is 0 Å². The van der Waals surface area contributed by atoms with Crippen LogP contribution in [0.25, 0.3) is 5.69 Å². The summed E-state index contributed by atoms with van der Waals surface area (Å²) >= 11 is 0. The topological polar surface area (TPSA) is 68.6 Å². The first-order valence-corrected chi connectivity index (χ1v) is 12.2. The van der Waals surface area contributed by atoms with Gasteiger partial charge in [-0.2, -0.15) is 5.10 Å². The number of rotatable bonds is 10. The lowest BCUT2D eigenvalue weighted by atomic mass is 10.1. The van der Waals surface area contributed by atoms with Crippen LogP contribution in [0.2, 0.25) is 0 Å². The minimum Gasteiger partial charge on any atom is -0.439 e. The second-order valence-corrected chi connectivity index (χ2v) is 8.49. The van der Waals surface area contributed by atoms with Crippen molar-refractivity contribution in [1.82, 2.24) is 20.0 Å². The molecule has 0 radical (unpaired) electrons. The summed E-state index contributed by atoms with van der Waals surface area (Å²) in [4.78, 5) is 15.0. The molecule has 1 aliphatic rings. The van der Waals surface area contributed by atoms with Crippen LogP contribution < -0.4 is 10.1 Å². The molecule has 2 heterocycles. The van der Waals surface area contributed by atoms with E-state index in [1.54, 1.807) is 0 Å². The van der Waals surface area contributed by atoms with E-state index < -0.39 is 0 Å². The van der Waals surface area contributed by atoms with Gasteiger partial charge < -0.3 is 19.7 Å². The molecule has 2 amide bonds. The highest BCUT2D eigenvalue weighted by Gasteiger charge is 2.27. The van der Waals surface area contributed by atoms with Gasteiger partial charge in [0.2, 0.25) is 5.88 Å². The molecule has 34 heavy (non-hydrogen) atoms. The first-order valence-electron chi connectivity index (χ1n) is 12.2. The van der Waals surface area contributed by atoms with Gasteiger partial charge in [-0.05, 0) is 49.9 Å². The zero-order valence-corrected chi connectivity index (χ0v) is 20.1. The van der Waals surface area contributed by atoms with Crippen molar-refractivity contribution in [3.05, 3.63) is 71.9 Å². The lowest BCUT2D eigenvalue weighted by molar-refractivity contribution is 0.0793. The van der Waals surface area contributed by atoms with Gasteiger partial charge in [-0.1, -0.05) is 50.2 Å². The predicted octanol–water partition coefficient (Wildman–Crippen LogP) is 5.33. The van der Waals surface area contributed by atoms with Crippen molar-refractivity contribution in [2.45, 2.75) is 52.2 Å². The van der Waals surface area contributed by atoms with Crippen LogP contribution in [0.5, 0.6) is 11.6 Å². The molecule has 0 bridgehead atoms. The standard InChI is InChI=1S/C27H34N4O3/c1-3-17-28-27(32)30(19-23-16-11-18-33-23)20-24-25(4-2)29-31(21-12-7-5-8-13-21)26(24)34-22-14-9-6-10-15-22/h5-10,12-15,23H,3-4,11,16-20H2,1-2H3,(H,28,32)/t23-/m1/s1. The maximum Gasteiger partial charge on any atom is 0.317 e. The largest absolute Gasteiger partial charge is 0.439 e. The van der Waals surface area contributed by atoms with Crippen molar-refractivity contribution in [2.24, 2.45) is 0 Å². The van der Waals surface area contributed by atoms with Crippen LogP contribution >= 0.6 is 0 Å². The van der Waals surface area contributed by atoms with Gasteiger partial charge in [-0.15, -0.1) is 0 Å². The Morgan fingerprint density at radius 3 is 2.53 bits per heavy atom. The Morgan fingerprint density at radius 1 is 1.15 bits per heavy atom. The first kappa shape index (κ1) is 23.8. The molecule has 1 saturated heterocycles. The number of para-hydroxylation sites is 2. The molecule has 2 aromatic carbocycles. The Kier molecular flexibility index (Phi) is 8.20. The third kappa shape index (κ3) is 5.78. The van der Waals surface area contributed by atoms with Crippen LogP contribution in [0.4, 0.5) is 4.79 Å². The Hall–Kier alpha value is -3.32. The van der Waals surface area contributed by atoms with Crippen LogP contribution in [-0.2, 0) is 17.7 Å². The van der Waals surface area contributed by atoms with E-state index in [9.17, 15) is 4.79 Å². The molecule has 1 aromatic heterocycles. The molecule has 3 aromatic rings. The number of hydrogen-bond donors (Lipinski definition) is 1. The minimum absolute atomic E-state index is 0.0557. The molecular formula is C27H34N4O3. The number of urea groups is 1. The second-order valence-electron chi connectivity index (χ2n) is 8.49. The molecular weight excluding hydrogens is 428 g/mol. The second kappa shape index (κ2) is 11.7. The maximum absolute atomic E-state index is 13.1. The number of amides is 2. The SMILES string of the molecule is CCCNC(=O)N(Cc1c(CC)nn(-c2ccccc2)c1Oc1ccccc1)C[C@H]1CCCO1. The van der Waals surface area contributed by atoms with Crippen LogP contribution in [0.1, 0.15) is 44.4 Å². The number of nitrogens with zero attached hydrogens (tertiary/aromatic N) is 3. The lowest BCUT2D eigenvalue weighted by Gasteiger charge is -2.26. The number of carbonyl (C=O) groups excluding carboxylic acids is 1. The molecule has 1 fully saturated rings. The average Bonchev–Trinajstić information content (AvgIpc) is 3.51. The van der Waals surface area contributed by atoms with Gasteiger partial charge in [0.05, 0.1) is 29.6 Å². The smallest absolute Gasteiger partial charge is 0.317 e. The van der Waals surface area contributed by atoms with Crippen LogP contribution in [0, 0.1) is 0 Å². The highest BCUT2D eigenvalue weighted by atomic mass is 16.5. The molecule has 4 rings (SSSR count). The summed E-state index contributed by atoms with van der Waals surface area (Å²) in [5.41, 5.74) is 2.74. The summed E-state index contributed by atoms with van der Waals surface area (Å²) in [6.45, 7) is 6.46. The molecule has 1 atom stereocenters. The molecule has 7 heteroatoms. The van der Waals surface area contributed by atoms with Gasteiger partial charge in [0.15, 0.2) is 0 Å². The molecule has 0 saturated carbocycles. The van der Waals surface area contributed by atoms with Gasteiger partial charge in [0.1, 0.15) is 5.75 Å². The minimum atomic E-state index is -0.0856. The highest BCUT2D eigenvalue weighted by molar-refractivity contribution is 5.74. The predicted molar refractivity (Wildman–Crippen MR) is 133 cm³/mol. The van der Waals surface area contributed by atoms with Gasteiger partial charge in [-0.3, -0.25) is 0 Å². The fraction of sp³-hybridized carbons (Fsp3) is 0.407. The van der Waals surface area contributed by atoms with Crippen molar-refractivity contribution in [3.8, 4) is 17.3 Å². The number of benzene rings is 2. The van der Waals surface area contributed by atoms with Crippen LogP contribution in [0.15, 0.2) is 60.7 Å². The number of nitrogens with one attached hydrogen (secondary N) is 1. The lowest BCUT2D eigenvalue weighted by Crippen LogP contribution is -2.43. The van der Waals surface area contributed by atoms with Gasteiger partial charge in [0, 0.05) is 19.7 Å². The van der Waals surface area contributed by atoms with Crippen molar-refractivity contribution in [3.63, 3.8) is 0 Å². The highest BCUT2D eigenvalue weighted by Crippen LogP contribution is 2.32. The van der Waals surface area contributed by atoms with E-state index in [2.05, 4.69) is 19.2 Å². The molecule has 1 aliphatic heterocycles. The molecule has 180 valence electrons. The Morgan fingerprint density at radius 2 is 1.88 bits per heavy atom. The van der Waals surface area contributed by atoms with Gasteiger partial charge in [-0.25, -0.2) is 9.48 Å². The summed E-state index contributed by atoms with van der Waals surface area (Å²) in [6.07, 6.45) is 3.66. The number of aromatic nitrogens is 2. The van der Waals surface area contributed by atoms with Gasteiger partial charge >= 0.3 is 6.03 Å². The van der Waals surface area contributed by atoms with E-state index in [4.69, 9.17) is 14.6 Å². The third-order valence-corrected chi connectivity index (χ3v) is 5.92. The summed E-state index contributed by atoms with van der Waals surface area (Å²) < 4.78 is 14.1. The molecule has 0 aliphatic carbocycles. The number of ether oxygens (including phenoxy) is 2. The van der Waals surface area contributed by atoms with Crippen molar-refractivity contribution in [1.29, 1.82) is 0 Å². The van der Waals surface area contributed by atoms with Crippen molar-refractivity contribution >= 4 is 6.03 Å². The Bertz CT molecular complexity index is 1050. The third-order valence-electron chi connectivity index (χ3n) is 5.92. The molecule has 1 N–H and O–H groups in total. The van der Waals surface area contributed by atoms with Crippen molar-refractivity contribution < 1.29 is 14.3 Å². The molecule has 0 spiro atoms. The normalized spacial score (nSPS) is 15.3. The van der Waals surface area contributed by atoms with E-state index in [0.717, 1.165) is 55.0 Å². The Balaban J connectivity index is 1.72. The van der Waals surface area contributed by atoms with E-state index in [1.807, 2.05) is 70.2 Å². The zero-order chi connectivity index (χ0) is 23.8. The summed E-state index contributed by atoms with van der Waals surface area (Å²) in [6, 6.07) is 19.6. The number of aryl methyl sites for hydroxylation is 1. The monoisotopic (exact) mass is 462 g/mol. The number of hydrogen-bond acceptors (Lipinski definition) is 4. The quantitative estimate of drug-likeness (QED) is 0.442. The van der Waals surface area contributed by atoms with E-state index in [0.29, 0.717) is 25.5 Å². The fourth-order valence-corrected chi connectivity index (χ4v) is 4.16. The summed E-state index contributed by atoms with van der Waals surface area (Å²) in [7, 11) is 0. The molecule has 0 unspecified atom stereocenters. The summed E-state index contributed by atoms with van der Waals surface area (Å²) in [5.74, 6) is 1.36. The summed E-state index contributed by atoms with van der Waals surface area (Å²) in [5, 5.41) is 7.94. The van der Waals surface area contributed by atoms with E-state index in [1.165, 1.54) is 0 Å². The van der Waals surface area contributed by atoms with Crippen LogP contribution in [-0.4, -0.2) is 46.5 Å². The number of carbonyl (C=O) groups is 1. The Labute approximate surface area is 201 Å². The fourth-order valence-electron chi connectivity index (χ4n) is 4.16. The van der Waals surface area contributed by atoms with Gasteiger partial charge in [0.25, 0.3) is 0 Å². The average molecular weight is 463 g/mol. The zero-order valence-electron chi connectivity index (χ0n) is 20.1. The first-order chi connectivity index (χ1) is 16.7.